The van der Waals surface area contributed by atoms with Crippen LogP contribution in [0.1, 0.15) is 23.6 Å². The Morgan fingerprint density at radius 2 is 1.56 bits per heavy atom. The summed E-state index contributed by atoms with van der Waals surface area (Å²) in [7, 11) is 0. The van der Waals surface area contributed by atoms with Gasteiger partial charge in [0.2, 0.25) is 0 Å². The monoisotopic (exact) mass is 499 g/mol. The zero-order valence-electron chi connectivity index (χ0n) is 20.4. The number of anilines is 1. The van der Waals surface area contributed by atoms with E-state index in [2.05, 4.69) is 18.0 Å². The van der Waals surface area contributed by atoms with Gasteiger partial charge in [-0.25, -0.2) is 0 Å². The van der Waals surface area contributed by atoms with Crippen molar-refractivity contribution in [1.82, 2.24) is 0 Å². The molecule has 184 valence electrons. The number of nitrogens with one attached hydrogen (secondary N) is 1. The lowest BCUT2D eigenvalue weighted by molar-refractivity contribution is 0.267. The minimum Gasteiger partial charge on any atom is -0.490 e. The summed E-state index contributed by atoms with van der Waals surface area (Å²) in [6, 6.07) is 29.5. The van der Waals surface area contributed by atoms with Crippen LogP contribution in [0.5, 0.6) is 23.0 Å². The van der Waals surface area contributed by atoms with Crippen LogP contribution in [0, 0.1) is 0 Å². The molecule has 4 nitrogen and oxygen atoms in total. The summed E-state index contributed by atoms with van der Waals surface area (Å²) in [6.45, 7) is 7.42. The van der Waals surface area contributed by atoms with Crippen molar-refractivity contribution in [3.63, 3.8) is 0 Å². The fraction of sp³-hybridized carbons (Fsp3) is 0.161. The maximum absolute atomic E-state index is 6.32. The molecule has 1 N–H and O–H groups in total. The van der Waals surface area contributed by atoms with E-state index in [1.165, 1.54) is 0 Å². The molecule has 0 aliphatic heterocycles. The maximum atomic E-state index is 6.32. The van der Waals surface area contributed by atoms with Crippen molar-refractivity contribution in [3.8, 4) is 23.0 Å². The van der Waals surface area contributed by atoms with Crippen molar-refractivity contribution >= 4 is 17.3 Å². The highest BCUT2D eigenvalue weighted by atomic mass is 35.5. The third-order valence-electron chi connectivity index (χ3n) is 5.52. The topological polar surface area (TPSA) is 39.7 Å². The summed E-state index contributed by atoms with van der Waals surface area (Å²) in [4.78, 5) is 0. The third kappa shape index (κ3) is 6.83. The number of rotatable bonds is 12. The average Bonchev–Trinajstić information content (AvgIpc) is 2.90. The lowest BCUT2D eigenvalue weighted by atomic mass is 10.0. The highest BCUT2D eigenvalue weighted by Crippen LogP contribution is 2.35. The molecule has 0 amide bonds. The summed E-state index contributed by atoms with van der Waals surface area (Å²) < 4.78 is 18.1. The number of benzene rings is 4. The van der Waals surface area contributed by atoms with Gasteiger partial charge in [0.05, 0.1) is 6.61 Å². The maximum Gasteiger partial charge on any atom is 0.165 e. The number of hydrogen-bond acceptors (Lipinski definition) is 4. The predicted octanol–water partition coefficient (Wildman–Crippen LogP) is 8.45. The van der Waals surface area contributed by atoms with Gasteiger partial charge in [0.1, 0.15) is 18.1 Å². The van der Waals surface area contributed by atoms with E-state index in [1.807, 2.05) is 97.9 Å². The lowest BCUT2D eigenvalue weighted by Gasteiger charge is -2.18. The highest BCUT2D eigenvalue weighted by molar-refractivity contribution is 6.31. The molecule has 0 aliphatic carbocycles. The second-order valence-electron chi connectivity index (χ2n) is 8.18. The Morgan fingerprint density at radius 3 is 2.28 bits per heavy atom. The van der Waals surface area contributed by atoms with Gasteiger partial charge in [-0.3, -0.25) is 0 Å². The van der Waals surface area contributed by atoms with Crippen molar-refractivity contribution < 1.29 is 14.2 Å². The second kappa shape index (κ2) is 12.7. The Hall–Kier alpha value is -3.89. The first-order chi connectivity index (χ1) is 17.7. The molecule has 36 heavy (non-hydrogen) atoms. The van der Waals surface area contributed by atoms with Gasteiger partial charge < -0.3 is 19.5 Å². The van der Waals surface area contributed by atoms with E-state index in [9.17, 15) is 0 Å². The largest absolute Gasteiger partial charge is 0.490 e. The molecule has 0 saturated heterocycles. The van der Waals surface area contributed by atoms with Crippen LogP contribution in [0.25, 0.3) is 0 Å². The van der Waals surface area contributed by atoms with E-state index >= 15 is 0 Å². The first kappa shape index (κ1) is 25.2. The Labute approximate surface area is 218 Å². The Kier molecular flexibility index (Phi) is 8.90. The molecule has 0 unspecified atom stereocenters. The first-order valence-electron chi connectivity index (χ1n) is 12.0. The van der Waals surface area contributed by atoms with Crippen LogP contribution < -0.4 is 19.5 Å². The van der Waals surface area contributed by atoms with Gasteiger partial charge in [-0.2, -0.15) is 0 Å². The summed E-state index contributed by atoms with van der Waals surface area (Å²) in [5.41, 5.74) is 4.03. The Bertz CT molecular complexity index is 1270. The van der Waals surface area contributed by atoms with Crippen molar-refractivity contribution in [2.45, 2.75) is 26.5 Å². The average molecular weight is 500 g/mol. The summed E-state index contributed by atoms with van der Waals surface area (Å²) in [5.74, 6) is 3.04. The summed E-state index contributed by atoms with van der Waals surface area (Å²) in [5, 5.41) is 4.16. The number of ether oxygens (including phenoxy) is 3. The van der Waals surface area contributed by atoms with E-state index in [0.29, 0.717) is 37.0 Å². The van der Waals surface area contributed by atoms with E-state index in [-0.39, 0.29) is 0 Å². The number of halogens is 1. The van der Waals surface area contributed by atoms with Crippen LogP contribution in [0.2, 0.25) is 5.02 Å². The van der Waals surface area contributed by atoms with E-state index < -0.39 is 0 Å². The second-order valence-corrected chi connectivity index (χ2v) is 8.59. The molecule has 0 aliphatic rings. The molecule has 5 heteroatoms. The predicted molar refractivity (Wildman–Crippen MR) is 148 cm³/mol. The number of para-hydroxylation sites is 1. The third-order valence-corrected chi connectivity index (χ3v) is 5.88. The standard InChI is InChI=1S/C31H30ClNO3/c1-3-10-24-19-23(20-30(34-4-2)31(24)35-22-25-11-8-9-14-29(25)32)21-33-26-15-17-28(18-16-26)36-27-12-6-5-7-13-27/h3,5-9,11-20,33H,1,4,10,21-22H2,2H3. The Balaban J connectivity index is 1.47. The summed E-state index contributed by atoms with van der Waals surface area (Å²) in [6.07, 6.45) is 2.54. The molecule has 0 atom stereocenters. The van der Waals surface area contributed by atoms with Gasteiger partial charge in [-0.05, 0) is 73.5 Å². The van der Waals surface area contributed by atoms with Crippen molar-refractivity contribution in [2.24, 2.45) is 0 Å². The van der Waals surface area contributed by atoms with Gasteiger partial charge in [-0.15, -0.1) is 6.58 Å². The summed E-state index contributed by atoms with van der Waals surface area (Å²) >= 11 is 6.32. The molecule has 0 heterocycles. The van der Waals surface area contributed by atoms with E-state index in [0.717, 1.165) is 39.6 Å². The first-order valence-corrected chi connectivity index (χ1v) is 12.4. The van der Waals surface area contributed by atoms with Crippen LogP contribution >= 0.6 is 11.6 Å². The van der Waals surface area contributed by atoms with Crippen LogP contribution in [0.15, 0.2) is 104 Å². The minimum atomic E-state index is 0.360. The fourth-order valence-corrected chi connectivity index (χ4v) is 3.98. The molecule has 4 rings (SSSR count). The number of allylic oxidation sites excluding steroid dienone is 1. The Morgan fingerprint density at radius 1 is 0.833 bits per heavy atom. The van der Waals surface area contributed by atoms with Crippen LogP contribution in [-0.2, 0) is 19.6 Å². The van der Waals surface area contributed by atoms with Crippen molar-refractivity contribution in [2.75, 3.05) is 11.9 Å². The van der Waals surface area contributed by atoms with E-state index in [1.54, 1.807) is 0 Å². The molecular formula is C31H30ClNO3. The van der Waals surface area contributed by atoms with Crippen LogP contribution in [0.3, 0.4) is 0 Å². The molecule has 4 aromatic carbocycles. The minimum absolute atomic E-state index is 0.360. The van der Waals surface area contributed by atoms with Crippen molar-refractivity contribution in [1.29, 1.82) is 0 Å². The number of hydrogen-bond donors (Lipinski definition) is 1. The van der Waals surface area contributed by atoms with Gasteiger partial charge in [0.25, 0.3) is 0 Å². The van der Waals surface area contributed by atoms with Gasteiger partial charge >= 0.3 is 0 Å². The molecule has 0 aromatic heterocycles. The van der Waals surface area contributed by atoms with Gasteiger partial charge in [0.15, 0.2) is 11.5 Å². The molecule has 0 saturated carbocycles. The molecule has 0 radical (unpaired) electrons. The van der Waals surface area contributed by atoms with E-state index in [4.69, 9.17) is 25.8 Å². The smallest absolute Gasteiger partial charge is 0.165 e. The normalized spacial score (nSPS) is 10.5. The van der Waals surface area contributed by atoms with Gasteiger partial charge in [-0.1, -0.05) is 54.1 Å². The SMILES string of the molecule is C=CCc1cc(CNc2ccc(Oc3ccccc3)cc2)cc(OCC)c1OCc1ccccc1Cl. The molecular weight excluding hydrogens is 470 g/mol. The van der Waals surface area contributed by atoms with Gasteiger partial charge in [0, 0.05) is 28.4 Å². The molecule has 0 fully saturated rings. The zero-order chi connectivity index (χ0) is 25.2. The zero-order valence-corrected chi connectivity index (χ0v) is 21.1. The molecule has 4 aromatic rings. The van der Waals surface area contributed by atoms with Crippen LogP contribution in [0.4, 0.5) is 5.69 Å². The molecule has 0 spiro atoms. The highest BCUT2D eigenvalue weighted by Gasteiger charge is 2.14. The van der Waals surface area contributed by atoms with Crippen LogP contribution in [-0.4, -0.2) is 6.61 Å². The lowest BCUT2D eigenvalue weighted by Crippen LogP contribution is -2.06. The molecule has 0 bridgehead atoms. The fourth-order valence-electron chi connectivity index (χ4n) is 3.79. The quantitative estimate of drug-likeness (QED) is 0.198. The van der Waals surface area contributed by atoms with Crippen molar-refractivity contribution in [3.05, 3.63) is 125 Å².